The van der Waals surface area contributed by atoms with Crippen molar-refractivity contribution in [3.63, 3.8) is 0 Å². The number of rotatable bonds is 3. The van der Waals surface area contributed by atoms with Crippen molar-refractivity contribution in [2.24, 2.45) is 0 Å². The van der Waals surface area contributed by atoms with Crippen LogP contribution in [0.3, 0.4) is 0 Å². The summed E-state index contributed by atoms with van der Waals surface area (Å²) < 4.78 is 0.903. The van der Waals surface area contributed by atoms with Crippen LogP contribution in [-0.2, 0) is 4.79 Å². The Morgan fingerprint density at radius 3 is 2.80 bits per heavy atom. The van der Waals surface area contributed by atoms with Gasteiger partial charge in [-0.25, -0.2) is 9.48 Å². The number of carboxylic acid groups (broad SMARTS) is 1. The van der Waals surface area contributed by atoms with Crippen LogP contribution < -0.4 is 5.56 Å². The molecule has 0 aromatic carbocycles. The lowest BCUT2D eigenvalue weighted by Crippen LogP contribution is -2.31. The standard InChI is InChI=1S/C8H9ClN2O3S/c1-4(8(13)14)11-7(12)6(15-2)5(9)3-10-11/h3-4H,1-2H3,(H,13,14). The average molecular weight is 249 g/mol. The van der Waals surface area contributed by atoms with Gasteiger partial charge in [-0.15, -0.1) is 11.8 Å². The SMILES string of the molecule is CSc1c(Cl)cnn(C(C)C(=O)O)c1=O. The van der Waals surface area contributed by atoms with E-state index in [4.69, 9.17) is 16.7 Å². The minimum absolute atomic E-state index is 0.237. The van der Waals surface area contributed by atoms with E-state index in [1.807, 2.05) is 0 Å². The lowest BCUT2D eigenvalue weighted by molar-refractivity contribution is -0.140. The van der Waals surface area contributed by atoms with Gasteiger partial charge < -0.3 is 5.11 Å². The molecule has 1 atom stereocenters. The fourth-order valence-corrected chi connectivity index (χ4v) is 1.87. The van der Waals surface area contributed by atoms with Crippen molar-refractivity contribution >= 4 is 29.3 Å². The smallest absolute Gasteiger partial charge is 0.328 e. The number of aliphatic carboxylic acids is 1. The molecule has 0 aliphatic heterocycles. The predicted octanol–water partition coefficient (Wildman–Crippen LogP) is 1.26. The third-order valence-corrected chi connectivity index (χ3v) is 3.04. The molecular weight excluding hydrogens is 240 g/mol. The van der Waals surface area contributed by atoms with Gasteiger partial charge in [0.1, 0.15) is 0 Å². The first-order valence-electron chi connectivity index (χ1n) is 4.03. The average Bonchev–Trinajstić information content (AvgIpc) is 2.17. The zero-order chi connectivity index (χ0) is 11.6. The normalized spacial score (nSPS) is 12.5. The summed E-state index contributed by atoms with van der Waals surface area (Å²) in [6.07, 6.45) is 2.96. The van der Waals surface area contributed by atoms with Crippen molar-refractivity contribution < 1.29 is 9.90 Å². The fraction of sp³-hybridized carbons (Fsp3) is 0.375. The Kier molecular flexibility index (Phi) is 3.76. The lowest BCUT2D eigenvalue weighted by Gasteiger charge is -2.10. The molecule has 1 aromatic rings. The van der Waals surface area contributed by atoms with Crippen molar-refractivity contribution in [3.8, 4) is 0 Å². The van der Waals surface area contributed by atoms with Gasteiger partial charge in [-0.2, -0.15) is 5.10 Å². The molecule has 1 heterocycles. The molecule has 1 aromatic heterocycles. The van der Waals surface area contributed by atoms with Gasteiger partial charge in [0.2, 0.25) is 0 Å². The molecule has 7 heteroatoms. The number of halogens is 1. The van der Waals surface area contributed by atoms with Crippen LogP contribution in [0, 0.1) is 0 Å². The van der Waals surface area contributed by atoms with E-state index in [1.54, 1.807) is 6.26 Å². The first-order valence-corrected chi connectivity index (χ1v) is 5.63. The zero-order valence-electron chi connectivity index (χ0n) is 8.10. The Morgan fingerprint density at radius 1 is 1.73 bits per heavy atom. The molecule has 5 nitrogen and oxygen atoms in total. The van der Waals surface area contributed by atoms with Crippen LogP contribution in [0.4, 0.5) is 0 Å². The highest BCUT2D eigenvalue weighted by atomic mass is 35.5. The molecule has 1 N–H and O–H groups in total. The third-order valence-electron chi connectivity index (χ3n) is 1.84. The topological polar surface area (TPSA) is 72.2 Å². The van der Waals surface area contributed by atoms with Crippen LogP contribution in [-0.4, -0.2) is 27.1 Å². The molecule has 0 fully saturated rings. The van der Waals surface area contributed by atoms with Crippen molar-refractivity contribution in [1.29, 1.82) is 0 Å². The monoisotopic (exact) mass is 248 g/mol. The van der Waals surface area contributed by atoms with Gasteiger partial charge in [0, 0.05) is 0 Å². The maximum absolute atomic E-state index is 11.7. The molecular formula is C8H9ClN2O3S. The van der Waals surface area contributed by atoms with Crippen LogP contribution in [0.1, 0.15) is 13.0 Å². The molecule has 0 amide bonds. The molecule has 0 saturated carbocycles. The summed E-state index contributed by atoms with van der Waals surface area (Å²) >= 11 is 6.91. The first-order chi connectivity index (χ1) is 6.99. The van der Waals surface area contributed by atoms with Crippen LogP contribution >= 0.6 is 23.4 Å². The summed E-state index contributed by atoms with van der Waals surface area (Å²) in [5.74, 6) is -1.11. The molecule has 0 aliphatic rings. The Bertz CT molecular complexity index is 446. The van der Waals surface area contributed by atoms with Crippen molar-refractivity contribution in [2.45, 2.75) is 17.9 Å². The molecule has 0 spiro atoms. The molecule has 82 valence electrons. The minimum Gasteiger partial charge on any atom is -0.480 e. The Labute approximate surface area is 95.1 Å². The summed E-state index contributed by atoms with van der Waals surface area (Å²) in [6, 6.07) is -0.999. The van der Waals surface area contributed by atoms with Crippen LogP contribution in [0.2, 0.25) is 5.02 Å². The highest BCUT2D eigenvalue weighted by molar-refractivity contribution is 7.98. The maximum Gasteiger partial charge on any atom is 0.328 e. The quantitative estimate of drug-likeness (QED) is 0.816. The van der Waals surface area contributed by atoms with E-state index in [-0.39, 0.29) is 5.02 Å². The van der Waals surface area contributed by atoms with Crippen LogP contribution in [0.15, 0.2) is 15.9 Å². The van der Waals surface area contributed by atoms with E-state index >= 15 is 0 Å². The summed E-state index contributed by atoms with van der Waals surface area (Å²) in [7, 11) is 0. The molecule has 0 radical (unpaired) electrons. The van der Waals surface area contributed by atoms with E-state index in [0.717, 1.165) is 4.68 Å². The Hall–Kier alpha value is -1.01. The van der Waals surface area contributed by atoms with E-state index in [0.29, 0.717) is 4.90 Å². The number of carboxylic acids is 1. The van der Waals surface area contributed by atoms with Crippen molar-refractivity contribution in [1.82, 2.24) is 9.78 Å². The lowest BCUT2D eigenvalue weighted by atomic mass is 10.3. The first kappa shape index (κ1) is 12.1. The number of hydrogen-bond acceptors (Lipinski definition) is 4. The van der Waals surface area contributed by atoms with Crippen LogP contribution in [0.25, 0.3) is 0 Å². The van der Waals surface area contributed by atoms with E-state index in [1.165, 1.54) is 24.9 Å². The molecule has 15 heavy (non-hydrogen) atoms. The van der Waals surface area contributed by atoms with E-state index < -0.39 is 17.6 Å². The summed E-state index contributed by atoms with van der Waals surface area (Å²) in [5, 5.41) is 12.7. The van der Waals surface area contributed by atoms with Gasteiger partial charge in [0.25, 0.3) is 5.56 Å². The van der Waals surface area contributed by atoms with Crippen molar-refractivity contribution in [2.75, 3.05) is 6.26 Å². The Balaban J connectivity index is 3.34. The number of hydrogen-bond donors (Lipinski definition) is 1. The second-order valence-corrected chi connectivity index (χ2v) is 4.01. The zero-order valence-corrected chi connectivity index (χ0v) is 9.67. The van der Waals surface area contributed by atoms with Crippen molar-refractivity contribution in [3.05, 3.63) is 21.6 Å². The second kappa shape index (κ2) is 4.67. The third kappa shape index (κ3) is 2.32. The molecule has 0 bridgehead atoms. The number of aromatic nitrogens is 2. The second-order valence-electron chi connectivity index (χ2n) is 2.79. The maximum atomic E-state index is 11.7. The molecule has 0 saturated heterocycles. The van der Waals surface area contributed by atoms with E-state index in [9.17, 15) is 9.59 Å². The molecule has 1 unspecified atom stereocenters. The minimum atomic E-state index is -1.11. The molecule has 1 rings (SSSR count). The van der Waals surface area contributed by atoms with Gasteiger partial charge in [0.15, 0.2) is 6.04 Å². The number of thioether (sulfide) groups is 1. The number of nitrogens with zero attached hydrogens (tertiary/aromatic N) is 2. The fourth-order valence-electron chi connectivity index (χ4n) is 0.995. The predicted molar refractivity (Wildman–Crippen MR) is 57.6 cm³/mol. The van der Waals surface area contributed by atoms with Gasteiger partial charge in [-0.1, -0.05) is 11.6 Å². The highest BCUT2D eigenvalue weighted by Crippen LogP contribution is 2.20. The summed E-state index contributed by atoms with van der Waals surface area (Å²) in [4.78, 5) is 22.7. The van der Waals surface area contributed by atoms with Gasteiger partial charge >= 0.3 is 5.97 Å². The van der Waals surface area contributed by atoms with Crippen LogP contribution in [0.5, 0.6) is 0 Å². The van der Waals surface area contributed by atoms with E-state index in [2.05, 4.69) is 5.10 Å². The van der Waals surface area contributed by atoms with Gasteiger partial charge in [0.05, 0.1) is 16.1 Å². The summed E-state index contributed by atoms with van der Waals surface area (Å²) in [6.45, 7) is 1.38. The number of carbonyl (C=O) groups is 1. The Morgan fingerprint density at radius 2 is 2.33 bits per heavy atom. The van der Waals surface area contributed by atoms with Gasteiger partial charge in [-0.3, -0.25) is 4.79 Å². The van der Waals surface area contributed by atoms with Gasteiger partial charge in [-0.05, 0) is 13.2 Å². The summed E-state index contributed by atoms with van der Waals surface area (Å²) in [5.41, 5.74) is -0.482. The molecule has 0 aliphatic carbocycles. The highest BCUT2D eigenvalue weighted by Gasteiger charge is 2.18. The largest absolute Gasteiger partial charge is 0.480 e.